The molecule has 182 valence electrons. The van der Waals surface area contributed by atoms with Crippen molar-refractivity contribution in [3.8, 4) is 0 Å². The van der Waals surface area contributed by atoms with Crippen LogP contribution >= 0.6 is 0 Å². The minimum absolute atomic E-state index is 0.00493. The van der Waals surface area contributed by atoms with Crippen LogP contribution in [0.2, 0.25) is 0 Å². The van der Waals surface area contributed by atoms with Crippen LogP contribution in [0.3, 0.4) is 0 Å². The summed E-state index contributed by atoms with van der Waals surface area (Å²) < 4.78 is 10.5. The topological polar surface area (TPSA) is 114 Å². The number of nitrogens with one attached hydrogen (secondary N) is 2. The van der Waals surface area contributed by atoms with Gasteiger partial charge in [-0.2, -0.15) is 0 Å². The highest BCUT2D eigenvalue weighted by Gasteiger charge is 2.24. The number of allylic oxidation sites excluding steroid dienone is 2. The molecule has 1 aromatic carbocycles. The zero-order valence-electron chi connectivity index (χ0n) is 19.2. The molecule has 1 aromatic rings. The molecule has 1 rings (SSSR count). The van der Waals surface area contributed by atoms with E-state index in [9.17, 15) is 14.4 Å². The molecule has 0 aliphatic carbocycles. The maximum Gasteiger partial charge on any atom is 0.306 e. The highest BCUT2D eigenvalue weighted by molar-refractivity contribution is 5.86. The molecule has 2 unspecified atom stereocenters. The van der Waals surface area contributed by atoms with Crippen LogP contribution in [-0.4, -0.2) is 61.9 Å². The van der Waals surface area contributed by atoms with Gasteiger partial charge in [0.1, 0.15) is 6.61 Å². The lowest BCUT2D eigenvalue weighted by molar-refractivity contribution is -0.145. The first kappa shape index (κ1) is 28.1. The molecule has 3 N–H and O–H groups in total. The van der Waals surface area contributed by atoms with Crippen molar-refractivity contribution in [1.29, 1.82) is 0 Å². The van der Waals surface area contributed by atoms with E-state index in [1.807, 2.05) is 30.3 Å². The van der Waals surface area contributed by atoms with Gasteiger partial charge in [-0.25, -0.2) is 0 Å². The molecule has 8 nitrogen and oxygen atoms in total. The van der Waals surface area contributed by atoms with Gasteiger partial charge in [-0.1, -0.05) is 42.5 Å². The number of aliphatic hydroxyl groups is 1. The van der Waals surface area contributed by atoms with Gasteiger partial charge in [0.25, 0.3) is 0 Å². The molecule has 33 heavy (non-hydrogen) atoms. The van der Waals surface area contributed by atoms with E-state index in [-0.39, 0.29) is 57.1 Å². The number of carbonyl (C=O) groups excluding carboxylic acids is 3. The van der Waals surface area contributed by atoms with E-state index >= 15 is 0 Å². The Labute approximate surface area is 196 Å². The fourth-order valence-corrected chi connectivity index (χ4v) is 3.06. The Morgan fingerprint density at radius 2 is 1.85 bits per heavy atom. The summed E-state index contributed by atoms with van der Waals surface area (Å²) in [7, 11) is 0. The first-order valence-electron chi connectivity index (χ1n) is 11.2. The van der Waals surface area contributed by atoms with Crippen LogP contribution in [0, 0.1) is 5.92 Å². The van der Waals surface area contributed by atoms with Gasteiger partial charge in [0.05, 0.1) is 31.8 Å². The molecular formula is C25H36N2O6. The maximum absolute atomic E-state index is 13.0. The Kier molecular flexibility index (Phi) is 14.9. The summed E-state index contributed by atoms with van der Waals surface area (Å²) in [5.74, 6) is -1.53. The second-order valence-electron chi connectivity index (χ2n) is 7.52. The molecule has 0 aliphatic heterocycles. The predicted molar refractivity (Wildman–Crippen MR) is 126 cm³/mol. The lowest BCUT2D eigenvalue weighted by Gasteiger charge is -2.22. The molecule has 0 bridgehead atoms. The zero-order chi connectivity index (χ0) is 24.3. The summed E-state index contributed by atoms with van der Waals surface area (Å²) in [6.45, 7) is 8.01. The van der Waals surface area contributed by atoms with Gasteiger partial charge in [0.2, 0.25) is 11.8 Å². The molecule has 8 heteroatoms. The van der Waals surface area contributed by atoms with Crippen LogP contribution in [0.1, 0.15) is 31.2 Å². The average Bonchev–Trinajstić information content (AvgIpc) is 2.81. The smallest absolute Gasteiger partial charge is 0.306 e. The number of carbonyl (C=O) groups is 3. The van der Waals surface area contributed by atoms with Gasteiger partial charge < -0.3 is 25.2 Å². The Morgan fingerprint density at radius 3 is 2.52 bits per heavy atom. The number of benzene rings is 1. The number of amides is 2. The molecule has 0 heterocycles. The van der Waals surface area contributed by atoms with Gasteiger partial charge in [-0.3, -0.25) is 14.4 Å². The molecule has 0 radical (unpaired) electrons. The second kappa shape index (κ2) is 17.6. The van der Waals surface area contributed by atoms with Gasteiger partial charge in [-0.15, -0.1) is 13.2 Å². The van der Waals surface area contributed by atoms with Crippen molar-refractivity contribution >= 4 is 17.8 Å². The third kappa shape index (κ3) is 13.2. The third-order valence-electron chi connectivity index (χ3n) is 4.73. The van der Waals surface area contributed by atoms with E-state index in [0.717, 1.165) is 5.56 Å². The van der Waals surface area contributed by atoms with Gasteiger partial charge in [0, 0.05) is 19.4 Å². The number of aliphatic hydroxyl groups excluding tert-OH is 1. The normalized spacial score (nSPS) is 12.3. The van der Waals surface area contributed by atoms with Crippen molar-refractivity contribution in [3.05, 3.63) is 61.2 Å². The molecule has 0 spiro atoms. The van der Waals surface area contributed by atoms with Gasteiger partial charge >= 0.3 is 5.97 Å². The van der Waals surface area contributed by atoms with Gasteiger partial charge in [-0.05, 0) is 24.8 Å². The van der Waals surface area contributed by atoms with E-state index in [2.05, 4.69) is 23.8 Å². The number of esters is 1. The van der Waals surface area contributed by atoms with E-state index in [1.165, 1.54) is 0 Å². The summed E-state index contributed by atoms with van der Waals surface area (Å²) in [5, 5.41) is 14.3. The summed E-state index contributed by atoms with van der Waals surface area (Å²) in [6, 6.07) is 9.15. The van der Waals surface area contributed by atoms with Crippen molar-refractivity contribution in [2.45, 2.75) is 38.1 Å². The highest BCUT2D eigenvalue weighted by atomic mass is 16.5. The second-order valence-corrected chi connectivity index (χ2v) is 7.52. The van der Waals surface area contributed by atoms with E-state index < -0.39 is 12.0 Å². The summed E-state index contributed by atoms with van der Waals surface area (Å²) in [4.78, 5) is 37.1. The summed E-state index contributed by atoms with van der Waals surface area (Å²) in [5.41, 5.74) is 0.992. The largest absolute Gasteiger partial charge is 0.463 e. The minimum atomic E-state index is -0.601. The van der Waals surface area contributed by atoms with Crippen LogP contribution in [0.25, 0.3) is 0 Å². The van der Waals surface area contributed by atoms with E-state index in [4.69, 9.17) is 14.6 Å². The molecule has 0 saturated heterocycles. The zero-order valence-corrected chi connectivity index (χ0v) is 19.2. The fraction of sp³-hybridized carbons (Fsp3) is 0.480. The van der Waals surface area contributed by atoms with Crippen LogP contribution in [0.15, 0.2) is 55.6 Å². The quantitative estimate of drug-likeness (QED) is 0.175. The summed E-state index contributed by atoms with van der Waals surface area (Å²) >= 11 is 0. The average molecular weight is 461 g/mol. The molecule has 0 aromatic heterocycles. The molecule has 0 aliphatic rings. The molecule has 0 saturated carbocycles. The fourth-order valence-electron chi connectivity index (χ4n) is 3.06. The molecule has 2 atom stereocenters. The van der Waals surface area contributed by atoms with Crippen LogP contribution in [-0.2, 0) is 30.3 Å². The number of hydrogen-bond donors (Lipinski definition) is 3. The lowest BCUT2D eigenvalue weighted by Crippen LogP contribution is -2.44. The first-order chi connectivity index (χ1) is 16.0. The van der Waals surface area contributed by atoms with Gasteiger partial charge in [0.15, 0.2) is 0 Å². The van der Waals surface area contributed by atoms with E-state index in [1.54, 1.807) is 12.2 Å². The Morgan fingerprint density at radius 1 is 1.09 bits per heavy atom. The molecule has 0 fully saturated rings. The SMILES string of the molecule is C=CCCC(=O)OCC(Cc1ccccc1)NC(=O)C(CC=C)CC(=O)NCCOCCO. The van der Waals surface area contributed by atoms with Crippen LogP contribution in [0.5, 0.6) is 0 Å². The minimum Gasteiger partial charge on any atom is -0.463 e. The predicted octanol–water partition coefficient (Wildman–Crippen LogP) is 1.93. The Bertz CT molecular complexity index is 738. The lowest BCUT2D eigenvalue weighted by atomic mass is 9.98. The Balaban J connectivity index is 2.70. The monoisotopic (exact) mass is 460 g/mol. The maximum atomic E-state index is 13.0. The standard InChI is InChI=1S/C25H36N2O6/c1-3-5-12-24(30)33-19-22(17-20-10-7-6-8-11-20)27-25(31)21(9-4-2)18-23(29)26-13-15-32-16-14-28/h3-4,6-8,10-11,21-22,28H,1-2,5,9,12-19H2,(H,26,29)(H,27,31). The number of rotatable bonds is 18. The van der Waals surface area contributed by atoms with Crippen molar-refractivity contribution in [2.75, 3.05) is 33.0 Å². The van der Waals surface area contributed by atoms with Crippen molar-refractivity contribution in [3.63, 3.8) is 0 Å². The van der Waals surface area contributed by atoms with Crippen LogP contribution < -0.4 is 10.6 Å². The first-order valence-corrected chi connectivity index (χ1v) is 11.2. The Hall–Kier alpha value is -2.97. The van der Waals surface area contributed by atoms with Crippen LogP contribution in [0.4, 0.5) is 0 Å². The number of hydrogen-bond acceptors (Lipinski definition) is 6. The summed E-state index contributed by atoms with van der Waals surface area (Å²) in [6.07, 6.45) is 4.81. The molecule has 2 amide bonds. The number of ether oxygens (including phenoxy) is 2. The highest BCUT2D eigenvalue weighted by Crippen LogP contribution is 2.12. The van der Waals surface area contributed by atoms with E-state index in [0.29, 0.717) is 25.8 Å². The molecular weight excluding hydrogens is 424 g/mol. The van der Waals surface area contributed by atoms with Crippen molar-refractivity contribution in [2.24, 2.45) is 5.92 Å². The third-order valence-corrected chi connectivity index (χ3v) is 4.73. The van der Waals surface area contributed by atoms with Crippen molar-refractivity contribution < 1.29 is 29.0 Å². The van der Waals surface area contributed by atoms with Crippen molar-refractivity contribution in [1.82, 2.24) is 10.6 Å².